The fourth-order valence-electron chi connectivity index (χ4n) is 6.94. The average Bonchev–Trinajstić information content (AvgIpc) is 3.14. The second kappa shape index (κ2) is 40.5. The van der Waals surface area contributed by atoms with E-state index in [4.69, 9.17) is 39.5 Å². The molecule has 0 unspecified atom stereocenters. The minimum Gasteiger partial charge on any atom is -0.445 e. The van der Waals surface area contributed by atoms with Crippen molar-refractivity contribution >= 4 is 46.8 Å². The molecule has 0 heterocycles. The van der Waals surface area contributed by atoms with Crippen LogP contribution in [0.5, 0.6) is 0 Å². The number of carbonyl (C=O) groups is 2. The Hall–Kier alpha value is -0.690. The Balaban J connectivity index is 4.12. The summed E-state index contributed by atoms with van der Waals surface area (Å²) in [4.78, 5) is 24.9. The number of halogens is 3. The number of aliphatic hydroxyl groups excluding tert-OH is 1. The molecule has 0 aromatic rings. The molecule has 0 saturated heterocycles. The first-order valence-corrected chi connectivity index (χ1v) is 23.9. The number of unbranched alkanes of at least 4 members (excludes halogenated alkanes) is 31. The Bertz CT molecular complexity index is 855. The fraction of sp³-hybridized carbons (Fsp3) is 0.911. The lowest BCUT2D eigenvalue weighted by atomic mass is 10.0. The van der Waals surface area contributed by atoms with Crippen molar-refractivity contribution in [3.8, 4) is 0 Å². The van der Waals surface area contributed by atoms with Gasteiger partial charge < -0.3 is 20.5 Å². The lowest BCUT2D eigenvalue weighted by Crippen LogP contribution is -2.50. The number of aliphatic hydroxyl groups is 1. The molecular weight excluding hydrogens is 739 g/mol. The molecule has 6 nitrogen and oxygen atoms in total. The van der Waals surface area contributed by atoms with E-state index in [1.54, 1.807) is 6.08 Å². The van der Waals surface area contributed by atoms with Gasteiger partial charge in [-0.05, 0) is 19.3 Å². The zero-order valence-electron chi connectivity index (χ0n) is 35.1. The van der Waals surface area contributed by atoms with E-state index in [2.05, 4.69) is 24.5 Å². The highest BCUT2D eigenvalue weighted by Gasteiger charge is 2.24. The number of hydrogen-bond donors (Lipinski definition) is 3. The third kappa shape index (κ3) is 41.0. The Morgan fingerprint density at radius 1 is 0.574 bits per heavy atom. The second-order valence-electron chi connectivity index (χ2n) is 15.8. The van der Waals surface area contributed by atoms with Gasteiger partial charge in [0.25, 0.3) is 0 Å². The standard InChI is InChI=1S/C45H85Cl3N2O4/c1-3-5-7-9-11-13-15-17-18-19-20-21-22-23-24-26-28-30-32-34-36-38-43(52)50-41(39-49-44(53)54-40-45(46,47)48)42(51)37-35-33-31-29-27-25-16-14-12-10-8-6-4-2/h35,37,41-42,51H,3-34,36,38-40H2,1-2H3,(H,49,53)(H,50,52)/b37-35+/t41-,42+/m0/s1. The van der Waals surface area contributed by atoms with Gasteiger partial charge in [-0.1, -0.05) is 253 Å². The van der Waals surface area contributed by atoms with E-state index in [9.17, 15) is 14.7 Å². The van der Waals surface area contributed by atoms with Crippen LogP contribution in [0.2, 0.25) is 0 Å². The van der Waals surface area contributed by atoms with Gasteiger partial charge in [-0.25, -0.2) is 4.79 Å². The van der Waals surface area contributed by atoms with Gasteiger partial charge in [-0.2, -0.15) is 0 Å². The number of alkyl carbamates (subject to hydrolysis) is 1. The zero-order valence-corrected chi connectivity index (χ0v) is 37.3. The molecule has 3 N–H and O–H groups in total. The summed E-state index contributed by atoms with van der Waals surface area (Å²) in [6.07, 6.45) is 45.2. The Labute approximate surface area is 348 Å². The lowest BCUT2D eigenvalue weighted by Gasteiger charge is -2.23. The first-order chi connectivity index (χ1) is 26.2. The van der Waals surface area contributed by atoms with Crippen molar-refractivity contribution in [2.45, 2.75) is 248 Å². The van der Waals surface area contributed by atoms with Crippen LogP contribution in [-0.4, -0.2) is 46.2 Å². The minimum atomic E-state index is -1.72. The number of allylic oxidation sites excluding steroid dienone is 1. The molecule has 0 saturated carbocycles. The maximum atomic E-state index is 12.8. The molecule has 0 aliphatic heterocycles. The SMILES string of the molecule is CCCCCCCCCCCCC/C=C/[C@@H](O)[C@H](CNC(=O)OCC(Cl)(Cl)Cl)NC(=O)CCCCCCCCCCCCCCCCCCCCCCC. The van der Waals surface area contributed by atoms with Gasteiger partial charge in [0, 0.05) is 13.0 Å². The molecule has 320 valence electrons. The van der Waals surface area contributed by atoms with Crippen LogP contribution in [0.4, 0.5) is 4.79 Å². The van der Waals surface area contributed by atoms with Crippen LogP contribution >= 0.6 is 34.8 Å². The van der Waals surface area contributed by atoms with Crippen LogP contribution < -0.4 is 10.6 Å². The summed E-state index contributed by atoms with van der Waals surface area (Å²) in [5, 5.41) is 16.4. The molecule has 54 heavy (non-hydrogen) atoms. The van der Waals surface area contributed by atoms with Crippen molar-refractivity contribution in [1.82, 2.24) is 10.6 Å². The first kappa shape index (κ1) is 53.3. The van der Waals surface area contributed by atoms with Crippen LogP contribution in [0.1, 0.15) is 232 Å². The lowest BCUT2D eigenvalue weighted by molar-refractivity contribution is -0.122. The van der Waals surface area contributed by atoms with Crippen LogP contribution in [0, 0.1) is 0 Å². The first-order valence-electron chi connectivity index (χ1n) is 22.8. The zero-order chi connectivity index (χ0) is 39.8. The Morgan fingerprint density at radius 3 is 1.30 bits per heavy atom. The summed E-state index contributed by atoms with van der Waals surface area (Å²) in [6.45, 7) is 4.13. The molecule has 0 aromatic carbocycles. The number of rotatable bonds is 40. The van der Waals surface area contributed by atoms with Gasteiger partial charge in [0.1, 0.15) is 6.61 Å². The topological polar surface area (TPSA) is 87.7 Å². The summed E-state index contributed by atoms with van der Waals surface area (Å²) >= 11 is 17.0. The van der Waals surface area contributed by atoms with E-state index in [0.717, 1.165) is 32.1 Å². The predicted octanol–water partition coefficient (Wildman–Crippen LogP) is 14.8. The summed E-state index contributed by atoms with van der Waals surface area (Å²) in [5.41, 5.74) is 0. The molecule has 9 heteroatoms. The maximum Gasteiger partial charge on any atom is 0.407 e. The van der Waals surface area contributed by atoms with Crippen molar-refractivity contribution in [2.75, 3.05) is 13.2 Å². The molecule has 0 aliphatic carbocycles. The number of carbonyl (C=O) groups excluding carboxylic acids is 2. The summed E-state index contributed by atoms with van der Waals surface area (Å²) < 4.78 is 3.23. The molecule has 0 bridgehead atoms. The number of hydrogen-bond acceptors (Lipinski definition) is 4. The van der Waals surface area contributed by atoms with Crippen LogP contribution in [0.25, 0.3) is 0 Å². The number of nitrogens with one attached hydrogen (secondary N) is 2. The van der Waals surface area contributed by atoms with Crippen molar-refractivity contribution in [2.24, 2.45) is 0 Å². The highest BCUT2D eigenvalue weighted by atomic mass is 35.6. The molecule has 0 aliphatic rings. The van der Waals surface area contributed by atoms with Gasteiger partial charge in [-0.3, -0.25) is 4.79 Å². The summed E-state index contributed by atoms with van der Waals surface area (Å²) in [5.74, 6) is -0.132. The second-order valence-corrected chi connectivity index (χ2v) is 18.3. The normalized spacial score (nSPS) is 13.0. The molecule has 0 spiro atoms. The van der Waals surface area contributed by atoms with Crippen molar-refractivity contribution in [3.05, 3.63) is 12.2 Å². The molecule has 0 rings (SSSR count). The molecule has 2 amide bonds. The molecular formula is C45H85Cl3N2O4. The number of alkyl halides is 3. The van der Waals surface area contributed by atoms with E-state index >= 15 is 0 Å². The number of ether oxygens (including phenoxy) is 1. The third-order valence-corrected chi connectivity index (χ3v) is 10.7. The quantitative estimate of drug-likeness (QED) is 0.0326. The summed E-state index contributed by atoms with van der Waals surface area (Å²) in [7, 11) is 0. The average molecular weight is 825 g/mol. The maximum absolute atomic E-state index is 12.8. The van der Waals surface area contributed by atoms with Gasteiger partial charge in [0.15, 0.2) is 0 Å². The fourth-order valence-corrected chi connectivity index (χ4v) is 7.11. The van der Waals surface area contributed by atoms with E-state index < -0.39 is 28.6 Å². The van der Waals surface area contributed by atoms with E-state index in [0.29, 0.717) is 6.42 Å². The third-order valence-electron chi connectivity index (χ3n) is 10.4. The minimum absolute atomic E-state index is 0.00626. The number of amides is 2. The largest absolute Gasteiger partial charge is 0.445 e. The van der Waals surface area contributed by atoms with Gasteiger partial charge in [0.2, 0.25) is 9.70 Å². The van der Waals surface area contributed by atoms with Crippen molar-refractivity contribution in [1.29, 1.82) is 0 Å². The predicted molar refractivity (Wildman–Crippen MR) is 235 cm³/mol. The van der Waals surface area contributed by atoms with Crippen molar-refractivity contribution in [3.63, 3.8) is 0 Å². The highest BCUT2D eigenvalue weighted by molar-refractivity contribution is 6.67. The van der Waals surface area contributed by atoms with Crippen LogP contribution in [0.15, 0.2) is 12.2 Å². The van der Waals surface area contributed by atoms with E-state index in [-0.39, 0.29) is 12.5 Å². The van der Waals surface area contributed by atoms with Crippen LogP contribution in [0.3, 0.4) is 0 Å². The van der Waals surface area contributed by atoms with E-state index in [1.165, 1.54) is 180 Å². The smallest absolute Gasteiger partial charge is 0.407 e. The van der Waals surface area contributed by atoms with E-state index in [1.807, 2.05) is 6.08 Å². The van der Waals surface area contributed by atoms with Gasteiger partial charge in [-0.15, -0.1) is 0 Å². The van der Waals surface area contributed by atoms with Crippen LogP contribution in [-0.2, 0) is 9.53 Å². The summed E-state index contributed by atoms with van der Waals surface area (Å²) in [6, 6.07) is -0.693. The highest BCUT2D eigenvalue weighted by Crippen LogP contribution is 2.26. The Kier molecular flexibility index (Phi) is 40.0. The van der Waals surface area contributed by atoms with Gasteiger partial charge in [0.05, 0.1) is 12.1 Å². The Morgan fingerprint density at radius 2 is 0.926 bits per heavy atom. The molecule has 0 fully saturated rings. The molecule has 0 aromatic heterocycles. The molecule has 2 atom stereocenters. The van der Waals surface area contributed by atoms with Gasteiger partial charge >= 0.3 is 6.09 Å². The molecule has 0 radical (unpaired) electrons. The monoisotopic (exact) mass is 823 g/mol. The van der Waals surface area contributed by atoms with Crippen molar-refractivity contribution < 1.29 is 19.4 Å².